The van der Waals surface area contributed by atoms with Crippen molar-refractivity contribution in [1.82, 2.24) is 0 Å². The Labute approximate surface area is 129 Å². The Morgan fingerprint density at radius 1 is 0.905 bits per heavy atom. The zero-order valence-electron chi connectivity index (χ0n) is 12.4. The van der Waals surface area contributed by atoms with Gasteiger partial charge in [0.25, 0.3) is 0 Å². The van der Waals surface area contributed by atoms with E-state index in [4.69, 9.17) is 9.47 Å². The molecule has 3 heteroatoms. The summed E-state index contributed by atoms with van der Waals surface area (Å²) in [6, 6.07) is 20.8. The van der Waals surface area contributed by atoms with Crippen molar-refractivity contribution in [3.63, 3.8) is 0 Å². The second kappa shape index (κ2) is 7.03. The number of hydrogen-bond donors (Lipinski definition) is 0. The summed E-state index contributed by atoms with van der Waals surface area (Å²) in [4.78, 5) is 0. The lowest BCUT2D eigenvalue weighted by Gasteiger charge is -2.30. The van der Waals surface area contributed by atoms with Crippen LogP contribution in [0.3, 0.4) is 0 Å². The van der Waals surface area contributed by atoms with Crippen molar-refractivity contribution in [2.75, 3.05) is 6.61 Å². The van der Waals surface area contributed by atoms with Crippen molar-refractivity contribution in [2.24, 2.45) is 0 Å². The summed E-state index contributed by atoms with van der Waals surface area (Å²) >= 11 is 0. The van der Waals surface area contributed by atoms with Crippen LogP contribution in [-0.2, 0) is 9.47 Å². The highest BCUT2D eigenvalue weighted by atomic mass is 28.1. The van der Waals surface area contributed by atoms with Crippen molar-refractivity contribution in [3.05, 3.63) is 71.8 Å². The molecule has 3 rings (SSSR count). The van der Waals surface area contributed by atoms with Crippen LogP contribution in [0.25, 0.3) is 0 Å². The topological polar surface area (TPSA) is 18.5 Å². The first kappa shape index (κ1) is 14.5. The van der Waals surface area contributed by atoms with E-state index in [9.17, 15) is 0 Å². The standard InChI is InChI=1S/C18H22O2Si/c21-16-11-12-17(19-13-16)20-18(14-7-3-1-4-8-14)15-9-5-2-6-10-15/h1-10,16-18H,11-13H2,21H3. The Bertz CT molecular complexity index is 496. The molecule has 1 heterocycles. The van der Waals surface area contributed by atoms with Gasteiger partial charge in [-0.3, -0.25) is 0 Å². The van der Waals surface area contributed by atoms with E-state index >= 15 is 0 Å². The van der Waals surface area contributed by atoms with E-state index in [2.05, 4.69) is 48.5 Å². The first-order chi connectivity index (χ1) is 10.3. The van der Waals surface area contributed by atoms with E-state index in [0.29, 0.717) is 0 Å². The minimum absolute atomic E-state index is 0.0527. The van der Waals surface area contributed by atoms with Gasteiger partial charge >= 0.3 is 0 Å². The Balaban J connectivity index is 1.80. The lowest BCUT2D eigenvalue weighted by Crippen LogP contribution is -2.27. The molecule has 0 aliphatic carbocycles. The molecule has 2 aromatic carbocycles. The molecule has 1 saturated heterocycles. The van der Waals surface area contributed by atoms with Gasteiger partial charge in [0.1, 0.15) is 6.10 Å². The zero-order chi connectivity index (χ0) is 14.5. The summed E-state index contributed by atoms with van der Waals surface area (Å²) in [6.07, 6.45) is 2.10. The van der Waals surface area contributed by atoms with Crippen molar-refractivity contribution in [3.8, 4) is 0 Å². The number of rotatable bonds is 4. The Morgan fingerprint density at radius 3 is 1.95 bits per heavy atom. The number of benzene rings is 2. The molecule has 1 aliphatic rings. The van der Waals surface area contributed by atoms with E-state index in [1.54, 1.807) is 0 Å². The van der Waals surface area contributed by atoms with Crippen molar-refractivity contribution in [1.29, 1.82) is 0 Å². The first-order valence-electron chi connectivity index (χ1n) is 7.70. The minimum atomic E-state index is -0.0828. The average molecular weight is 298 g/mol. The third-order valence-corrected chi connectivity index (χ3v) is 4.86. The van der Waals surface area contributed by atoms with Gasteiger partial charge in [-0.2, -0.15) is 0 Å². The minimum Gasteiger partial charge on any atom is -0.353 e. The van der Waals surface area contributed by atoms with Gasteiger partial charge in [-0.1, -0.05) is 60.7 Å². The van der Waals surface area contributed by atoms with E-state index in [0.717, 1.165) is 18.6 Å². The van der Waals surface area contributed by atoms with Crippen LogP contribution >= 0.6 is 0 Å². The quantitative estimate of drug-likeness (QED) is 0.808. The smallest absolute Gasteiger partial charge is 0.158 e. The van der Waals surface area contributed by atoms with E-state index in [1.165, 1.54) is 27.8 Å². The highest BCUT2D eigenvalue weighted by Crippen LogP contribution is 2.31. The van der Waals surface area contributed by atoms with Gasteiger partial charge in [0.2, 0.25) is 0 Å². The van der Waals surface area contributed by atoms with E-state index in [-0.39, 0.29) is 12.4 Å². The summed E-state index contributed by atoms with van der Waals surface area (Å²) in [5, 5.41) is 0. The van der Waals surface area contributed by atoms with Crippen molar-refractivity contribution >= 4 is 10.2 Å². The highest BCUT2D eigenvalue weighted by molar-refractivity contribution is 6.11. The molecule has 0 bridgehead atoms. The van der Waals surface area contributed by atoms with Crippen molar-refractivity contribution < 1.29 is 9.47 Å². The van der Waals surface area contributed by atoms with Crippen LogP contribution in [0.15, 0.2) is 60.7 Å². The molecule has 2 nitrogen and oxygen atoms in total. The fourth-order valence-corrected chi connectivity index (χ4v) is 3.25. The molecule has 2 unspecified atom stereocenters. The van der Waals surface area contributed by atoms with E-state index in [1.807, 2.05) is 12.1 Å². The molecule has 2 aromatic rings. The summed E-state index contributed by atoms with van der Waals surface area (Å²) in [7, 11) is 1.21. The molecule has 1 aliphatic heterocycles. The summed E-state index contributed by atoms with van der Waals surface area (Å²) < 4.78 is 12.2. The highest BCUT2D eigenvalue weighted by Gasteiger charge is 2.24. The normalized spacial score (nSPS) is 22.5. The molecule has 2 atom stereocenters. The zero-order valence-corrected chi connectivity index (χ0v) is 14.4. The van der Waals surface area contributed by atoms with Crippen molar-refractivity contribution in [2.45, 2.75) is 30.8 Å². The molecule has 1 fully saturated rings. The first-order valence-corrected chi connectivity index (χ1v) is 8.85. The SMILES string of the molecule is [SiH3]C1CCC(OC(c2ccccc2)c2ccccc2)OC1. The lowest BCUT2D eigenvalue weighted by molar-refractivity contribution is -0.181. The Morgan fingerprint density at radius 2 is 1.48 bits per heavy atom. The van der Waals surface area contributed by atoms with Gasteiger partial charge in [-0.15, -0.1) is 0 Å². The maximum Gasteiger partial charge on any atom is 0.158 e. The molecule has 110 valence electrons. The van der Waals surface area contributed by atoms with Gasteiger partial charge in [0, 0.05) is 16.8 Å². The predicted molar refractivity (Wildman–Crippen MR) is 88.5 cm³/mol. The maximum absolute atomic E-state index is 6.31. The molecular formula is C18H22O2Si. The second-order valence-corrected chi connectivity index (χ2v) is 7.42. The maximum atomic E-state index is 6.31. The molecular weight excluding hydrogens is 276 g/mol. The lowest BCUT2D eigenvalue weighted by atomic mass is 10.0. The fraction of sp³-hybridized carbons (Fsp3) is 0.333. The number of hydrogen-bond acceptors (Lipinski definition) is 2. The Kier molecular flexibility index (Phi) is 4.86. The molecule has 0 radical (unpaired) electrons. The molecule has 0 N–H and O–H groups in total. The molecule has 21 heavy (non-hydrogen) atoms. The van der Waals surface area contributed by atoms with Crippen LogP contribution in [0.1, 0.15) is 30.1 Å². The van der Waals surface area contributed by atoms with Gasteiger partial charge in [0.15, 0.2) is 6.29 Å². The molecule has 0 saturated carbocycles. The van der Waals surface area contributed by atoms with Gasteiger partial charge in [0.05, 0.1) is 0 Å². The van der Waals surface area contributed by atoms with E-state index < -0.39 is 0 Å². The third kappa shape index (κ3) is 3.82. The van der Waals surface area contributed by atoms with Crippen LogP contribution in [0.4, 0.5) is 0 Å². The largest absolute Gasteiger partial charge is 0.353 e. The molecule has 0 spiro atoms. The van der Waals surface area contributed by atoms with Gasteiger partial charge in [-0.25, -0.2) is 0 Å². The summed E-state index contributed by atoms with van der Waals surface area (Å²) in [6.45, 7) is 0.854. The molecule has 0 aromatic heterocycles. The monoisotopic (exact) mass is 298 g/mol. The third-order valence-electron chi connectivity index (χ3n) is 3.95. The Hall–Kier alpha value is -1.42. The van der Waals surface area contributed by atoms with Crippen LogP contribution in [0.2, 0.25) is 5.54 Å². The van der Waals surface area contributed by atoms with Crippen LogP contribution in [0.5, 0.6) is 0 Å². The number of ether oxygens (including phenoxy) is 2. The second-order valence-electron chi connectivity index (χ2n) is 5.78. The van der Waals surface area contributed by atoms with Crippen LogP contribution in [0, 0.1) is 0 Å². The van der Waals surface area contributed by atoms with Crippen LogP contribution < -0.4 is 0 Å². The predicted octanol–water partition coefficient (Wildman–Crippen LogP) is 3.08. The summed E-state index contributed by atoms with van der Waals surface area (Å²) in [5.74, 6) is 0. The van der Waals surface area contributed by atoms with Gasteiger partial charge < -0.3 is 9.47 Å². The average Bonchev–Trinajstić information content (AvgIpc) is 2.56. The fourth-order valence-electron chi connectivity index (χ4n) is 2.72. The van der Waals surface area contributed by atoms with Gasteiger partial charge in [-0.05, 0) is 29.5 Å². The van der Waals surface area contributed by atoms with Crippen LogP contribution in [-0.4, -0.2) is 23.1 Å². The summed E-state index contributed by atoms with van der Waals surface area (Å²) in [5.41, 5.74) is 3.14. The molecule has 0 amide bonds.